The van der Waals surface area contributed by atoms with E-state index in [9.17, 15) is 4.79 Å². The van der Waals surface area contributed by atoms with Gasteiger partial charge in [-0.1, -0.05) is 0 Å². The van der Waals surface area contributed by atoms with Crippen molar-refractivity contribution in [1.29, 1.82) is 0 Å². The Morgan fingerprint density at radius 3 is 2.86 bits per heavy atom. The van der Waals surface area contributed by atoms with E-state index in [1.165, 1.54) is 6.08 Å². The molecule has 1 radical (unpaired) electrons. The van der Waals surface area contributed by atoms with Crippen LogP contribution in [0.2, 0.25) is 0 Å². The fraction of sp³-hybridized carbons (Fsp3) is 0.250. The normalized spacial score (nSPS) is 28.1. The first-order valence-corrected chi connectivity index (χ1v) is 2.65. The SMILES string of the molecule is O=C1[C]=CC(Br)O1. The number of carbonyl (C=O) groups is 1. The average molecular weight is 162 g/mol. The molecule has 0 saturated carbocycles. The first-order valence-electron chi connectivity index (χ1n) is 1.73. The number of hydrogen-bond acceptors (Lipinski definition) is 2. The van der Waals surface area contributed by atoms with Crippen LogP contribution in [0, 0.1) is 6.08 Å². The van der Waals surface area contributed by atoms with Crippen LogP contribution >= 0.6 is 15.9 Å². The minimum atomic E-state index is -0.401. The minimum absolute atomic E-state index is 0.250. The first-order chi connectivity index (χ1) is 3.29. The second kappa shape index (κ2) is 1.66. The van der Waals surface area contributed by atoms with Gasteiger partial charge >= 0.3 is 5.97 Å². The van der Waals surface area contributed by atoms with Crippen molar-refractivity contribution in [2.75, 3.05) is 0 Å². The van der Waals surface area contributed by atoms with E-state index in [-0.39, 0.29) is 5.01 Å². The number of hydrogen-bond donors (Lipinski definition) is 0. The molecule has 7 heavy (non-hydrogen) atoms. The van der Waals surface area contributed by atoms with E-state index in [4.69, 9.17) is 0 Å². The zero-order valence-electron chi connectivity index (χ0n) is 3.35. The highest BCUT2D eigenvalue weighted by Gasteiger charge is 2.11. The molecule has 0 N–H and O–H groups in total. The van der Waals surface area contributed by atoms with E-state index in [1.807, 2.05) is 0 Å². The van der Waals surface area contributed by atoms with Gasteiger partial charge in [-0.15, -0.1) is 0 Å². The molecule has 1 unspecified atom stereocenters. The van der Waals surface area contributed by atoms with Gasteiger partial charge in [0.2, 0.25) is 0 Å². The summed E-state index contributed by atoms with van der Waals surface area (Å²) < 4.78 is 4.47. The van der Waals surface area contributed by atoms with Gasteiger partial charge in [-0.3, -0.25) is 0 Å². The summed E-state index contributed by atoms with van der Waals surface area (Å²) in [4.78, 5) is 10.1. The van der Waals surface area contributed by atoms with Crippen LogP contribution in [0.4, 0.5) is 0 Å². The van der Waals surface area contributed by atoms with Gasteiger partial charge < -0.3 is 4.74 Å². The molecule has 0 aromatic carbocycles. The maximum Gasteiger partial charge on any atom is 0.340 e. The van der Waals surface area contributed by atoms with Gasteiger partial charge in [0.25, 0.3) is 0 Å². The third kappa shape index (κ3) is 1.03. The van der Waals surface area contributed by atoms with Crippen molar-refractivity contribution in [2.45, 2.75) is 5.01 Å². The third-order valence-corrected chi connectivity index (χ3v) is 1.00. The maximum absolute atomic E-state index is 10.1. The molecule has 0 aromatic heterocycles. The Kier molecular flexibility index (Phi) is 1.15. The van der Waals surface area contributed by atoms with Crippen LogP contribution in [-0.2, 0) is 9.53 Å². The van der Waals surface area contributed by atoms with Crippen LogP contribution in [0.5, 0.6) is 0 Å². The molecule has 1 rings (SSSR count). The zero-order valence-corrected chi connectivity index (χ0v) is 4.94. The monoisotopic (exact) mass is 161 g/mol. The molecule has 1 aliphatic heterocycles. The Balaban J connectivity index is 2.58. The van der Waals surface area contributed by atoms with Gasteiger partial charge in [0.05, 0.1) is 6.08 Å². The molecule has 3 heteroatoms. The fourth-order valence-corrected chi connectivity index (χ4v) is 0.606. The lowest BCUT2D eigenvalue weighted by Crippen LogP contribution is -1.97. The maximum atomic E-state index is 10.1. The molecule has 0 bridgehead atoms. The third-order valence-electron chi connectivity index (χ3n) is 0.552. The lowest BCUT2D eigenvalue weighted by atomic mass is 10.6. The number of rotatable bonds is 0. The van der Waals surface area contributed by atoms with Crippen molar-refractivity contribution in [3.63, 3.8) is 0 Å². The molecule has 1 heterocycles. The molecule has 1 atom stereocenters. The highest BCUT2D eigenvalue weighted by atomic mass is 79.9. The Bertz CT molecular complexity index is 119. The number of halogens is 1. The molecular formula is C4H2BrO2. The van der Waals surface area contributed by atoms with Crippen LogP contribution in [-0.4, -0.2) is 11.0 Å². The van der Waals surface area contributed by atoms with Crippen molar-refractivity contribution in [3.05, 3.63) is 12.2 Å². The molecule has 0 saturated heterocycles. The fourth-order valence-electron chi connectivity index (χ4n) is 0.304. The van der Waals surface area contributed by atoms with E-state index in [1.54, 1.807) is 0 Å². The van der Waals surface area contributed by atoms with Crippen LogP contribution in [0.1, 0.15) is 0 Å². The first kappa shape index (κ1) is 4.84. The average Bonchev–Trinajstić information content (AvgIpc) is 1.87. The molecule has 0 aromatic rings. The quantitative estimate of drug-likeness (QED) is 0.385. The van der Waals surface area contributed by atoms with Crippen molar-refractivity contribution >= 4 is 21.9 Å². The molecule has 0 amide bonds. The van der Waals surface area contributed by atoms with Crippen LogP contribution in [0.25, 0.3) is 0 Å². The van der Waals surface area contributed by atoms with E-state index >= 15 is 0 Å². The summed E-state index contributed by atoms with van der Waals surface area (Å²) in [5.41, 5.74) is 0. The molecule has 1 aliphatic rings. The van der Waals surface area contributed by atoms with Crippen LogP contribution in [0.15, 0.2) is 6.08 Å². The summed E-state index contributed by atoms with van der Waals surface area (Å²) in [5, 5.41) is -0.250. The van der Waals surface area contributed by atoms with Crippen molar-refractivity contribution < 1.29 is 9.53 Å². The molecule has 0 aliphatic carbocycles. The van der Waals surface area contributed by atoms with Gasteiger partial charge in [-0.05, 0) is 22.0 Å². The lowest BCUT2D eigenvalue weighted by Gasteiger charge is -1.93. The Morgan fingerprint density at radius 1 is 2.00 bits per heavy atom. The van der Waals surface area contributed by atoms with Gasteiger partial charge in [-0.2, -0.15) is 0 Å². The number of esters is 1. The molecule has 0 fully saturated rings. The topological polar surface area (TPSA) is 26.3 Å². The second-order valence-electron chi connectivity index (χ2n) is 1.07. The largest absolute Gasteiger partial charge is 0.443 e. The minimum Gasteiger partial charge on any atom is -0.443 e. The second-order valence-corrected chi connectivity index (χ2v) is 1.97. The number of cyclic esters (lactones) is 1. The van der Waals surface area contributed by atoms with Gasteiger partial charge in [0, 0.05) is 0 Å². The zero-order chi connectivity index (χ0) is 5.28. The van der Waals surface area contributed by atoms with E-state index in [2.05, 4.69) is 26.7 Å². The van der Waals surface area contributed by atoms with Crippen LogP contribution < -0.4 is 0 Å². The molecule has 2 nitrogen and oxygen atoms in total. The molecule has 0 spiro atoms. The summed E-state index contributed by atoms with van der Waals surface area (Å²) in [6.45, 7) is 0. The summed E-state index contributed by atoms with van der Waals surface area (Å²) in [6.07, 6.45) is 3.85. The summed E-state index contributed by atoms with van der Waals surface area (Å²) in [5.74, 6) is -0.401. The van der Waals surface area contributed by atoms with Gasteiger partial charge in [0.15, 0.2) is 5.01 Å². The molecule has 37 valence electrons. The lowest BCUT2D eigenvalue weighted by molar-refractivity contribution is -0.136. The summed E-state index contributed by atoms with van der Waals surface area (Å²) in [6, 6.07) is 0. The van der Waals surface area contributed by atoms with Gasteiger partial charge in [0.1, 0.15) is 0 Å². The summed E-state index contributed by atoms with van der Waals surface area (Å²) in [7, 11) is 0. The van der Waals surface area contributed by atoms with Crippen molar-refractivity contribution in [3.8, 4) is 0 Å². The van der Waals surface area contributed by atoms with E-state index in [0.29, 0.717) is 0 Å². The predicted molar refractivity (Wildman–Crippen MR) is 26.6 cm³/mol. The Hall–Kier alpha value is -0.310. The van der Waals surface area contributed by atoms with Gasteiger partial charge in [-0.25, -0.2) is 4.79 Å². The number of ether oxygens (including phenoxy) is 1. The standard InChI is InChI=1S/C4H2BrO2/c5-3-1-2-4(6)7-3/h1,3H. The van der Waals surface area contributed by atoms with Crippen molar-refractivity contribution in [2.24, 2.45) is 0 Å². The Labute approximate surface area is 49.3 Å². The summed E-state index contributed by atoms with van der Waals surface area (Å²) >= 11 is 3.02. The predicted octanol–water partition coefficient (Wildman–Crippen LogP) is 0.624. The Morgan fingerprint density at radius 2 is 2.71 bits per heavy atom. The van der Waals surface area contributed by atoms with Crippen molar-refractivity contribution in [1.82, 2.24) is 0 Å². The number of carbonyl (C=O) groups excluding carboxylic acids is 1. The number of alkyl halides is 1. The smallest absolute Gasteiger partial charge is 0.340 e. The van der Waals surface area contributed by atoms with E-state index in [0.717, 1.165) is 0 Å². The molecular weight excluding hydrogens is 160 g/mol. The highest BCUT2D eigenvalue weighted by Crippen LogP contribution is 2.08. The van der Waals surface area contributed by atoms with Crippen LogP contribution in [0.3, 0.4) is 0 Å². The van der Waals surface area contributed by atoms with E-state index < -0.39 is 5.97 Å². The highest BCUT2D eigenvalue weighted by molar-refractivity contribution is 9.09.